The molecule has 2 aliphatic heterocycles. The molecule has 0 unspecified atom stereocenters. The van der Waals surface area contributed by atoms with E-state index in [1.807, 2.05) is 0 Å². The minimum absolute atomic E-state index is 0.0664. The fourth-order valence-corrected chi connectivity index (χ4v) is 6.25. The molecule has 0 aliphatic carbocycles. The molecule has 2 aliphatic rings. The largest absolute Gasteiger partial charge is 0.341 e. The quantitative estimate of drug-likeness (QED) is 0.678. The van der Waals surface area contributed by atoms with Crippen LogP contribution in [0.1, 0.15) is 19.3 Å². The summed E-state index contributed by atoms with van der Waals surface area (Å²) in [5, 5.41) is 0. The average molecular weight is 448 g/mol. The summed E-state index contributed by atoms with van der Waals surface area (Å²) in [5.74, 6) is -1.17. The number of carbonyl (C=O) groups excluding carboxylic acids is 1. The van der Waals surface area contributed by atoms with Gasteiger partial charge in [-0.3, -0.25) is 4.79 Å². The summed E-state index contributed by atoms with van der Waals surface area (Å²) in [6.07, 6.45) is 2.45. The van der Waals surface area contributed by atoms with Crippen molar-refractivity contribution in [2.75, 3.05) is 45.5 Å². The molecular weight excluding hydrogens is 421 g/mol. The maximum absolute atomic E-state index is 13.9. The molecule has 29 heavy (non-hydrogen) atoms. The highest BCUT2D eigenvalue weighted by Gasteiger charge is 2.35. The Morgan fingerprint density at radius 1 is 0.931 bits per heavy atom. The number of hydrogen-bond donors (Lipinski definition) is 0. The molecule has 0 bridgehead atoms. The Bertz CT molecular complexity index is 959. The van der Waals surface area contributed by atoms with Gasteiger partial charge in [-0.1, -0.05) is 12.1 Å². The van der Waals surface area contributed by atoms with Gasteiger partial charge in [-0.2, -0.15) is 4.31 Å². The molecule has 1 aromatic carbocycles. The minimum atomic E-state index is -3.94. The van der Waals surface area contributed by atoms with Crippen molar-refractivity contribution in [3.63, 3.8) is 0 Å². The van der Waals surface area contributed by atoms with Crippen LogP contribution in [0.15, 0.2) is 29.2 Å². The highest BCUT2D eigenvalue weighted by atomic mass is 32.2. The number of benzene rings is 1. The van der Waals surface area contributed by atoms with Crippen LogP contribution in [0.25, 0.3) is 0 Å². The lowest BCUT2D eigenvalue weighted by Gasteiger charge is -2.33. The van der Waals surface area contributed by atoms with Crippen LogP contribution >= 0.6 is 0 Å². The third kappa shape index (κ3) is 4.96. The number of hydrogen-bond acceptors (Lipinski definition) is 5. The lowest BCUT2D eigenvalue weighted by molar-refractivity contribution is -0.136. The Morgan fingerprint density at radius 2 is 1.59 bits per heavy atom. The zero-order chi connectivity index (χ0) is 21.2. The van der Waals surface area contributed by atoms with E-state index in [2.05, 4.69) is 0 Å². The third-order valence-corrected chi connectivity index (χ3v) is 8.73. The molecule has 2 heterocycles. The highest BCUT2D eigenvalue weighted by molar-refractivity contribution is 7.89. The summed E-state index contributed by atoms with van der Waals surface area (Å²) in [6.45, 7) is 1.78. The molecule has 0 spiro atoms. The summed E-state index contributed by atoms with van der Waals surface area (Å²) in [4.78, 5) is 14.2. The Labute approximate surface area is 171 Å². The Balaban J connectivity index is 1.61. The standard InChI is InChI=1S/C18H26FN3O5S2/c1-28(24,25)21-10-4-9-20(13-14-21)18(23)15-7-11-22(12-8-15)29(26,27)17-6-3-2-5-16(17)19/h2-3,5-6,15H,4,7-14H2,1H3. The van der Waals surface area contributed by atoms with E-state index >= 15 is 0 Å². The number of piperidine rings is 1. The maximum Gasteiger partial charge on any atom is 0.245 e. The van der Waals surface area contributed by atoms with Gasteiger partial charge in [-0.15, -0.1) is 0 Å². The summed E-state index contributed by atoms with van der Waals surface area (Å²) in [7, 11) is -7.22. The molecule has 8 nitrogen and oxygen atoms in total. The first-order chi connectivity index (χ1) is 13.6. The van der Waals surface area contributed by atoms with Crippen molar-refractivity contribution in [2.24, 2.45) is 5.92 Å². The molecule has 2 saturated heterocycles. The molecule has 3 rings (SSSR count). The zero-order valence-electron chi connectivity index (χ0n) is 16.3. The van der Waals surface area contributed by atoms with E-state index in [0.29, 0.717) is 38.9 Å². The van der Waals surface area contributed by atoms with Gasteiger partial charge in [0, 0.05) is 45.2 Å². The smallest absolute Gasteiger partial charge is 0.245 e. The van der Waals surface area contributed by atoms with Crippen LogP contribution in [0.2, 0.25) is 0 Å². The predicted octanol–water partition coefficient (Wildman–Crippen LogP) is 0.720. The zero-order valence-corrected chi connectivity index (χ0v) is 18.0. The van der Waals surface area contributed by atoms with Gasteiger partial charge >= 0.3 is 0 Å². The van der Waals surface area contributed by atoms with Crippen LogP contribution in [-0.2, 0) is 24.8 Å². The SMILES string of the molecule is CS(=O)(=O)N1CCCN(C(=O)C2CCN(S(=O)(=O)c3ccccc3F)CC2)CC1. The number of carbonyl (C=O) groups is 1. The summed E-state index contributed by atoms with van der Waals surface area (Å²) in [6, 6.07) is 5.27. The molecule has 0 N–H and O–H groups in total. The number of nitrogens with zero attached hydrogens (tertiary/aromatic N) is 3. The van der Waals surface area contributed by atoms with E-state index in [1.165, 1.54) is 26.8 Å². The second kappa shape index (κ2) is 8.66. The van der Waals surface area contributed by atoms with Crippen LogP contribution in [-0.4, -0.2) is 81.8 Å². The first-order valence-electron chi connectivity index (χ1n) is 9.59. The molecule has 1 aromatic rings. The maximum atomic E-state index is 13.9. The topological polar surface area (TPSA) is 95.1 Å². The van der Waals surface area contributed by atoms with Gasteiger partial charge in [0.1, 0.15) is 10.7 Å². The van der Waals surface area contributed by atoms with Gasteiger partial charge in [-0.25, -0.2) is 25.5 Å². The fraction of sp³-hybridized carbons (Fsp3) is 0.611. The van der Waals surface area contributed by atoms with E-state index in [1.54, 1.807) is 4.90 Å². The number of rotatable bonds is 4. The fourth-order valence-electron chi connectivity index (χ4n) is 3.84. The van der Waals surface area contributed by atoms with E-state index in [-0.39, 0.29) is 36.4 Å². The van der Waals surface area contributed by atoms with Crippen LogP contribution in [0, 0.1) is 11.7 Å². The number of sulfonamides is 2. The molecule has 1 amide bonds. The minimum Gasteiger partial charge on any atom is -0.341 e. The second-order valence-corrected chi connectivity index (χ2v) is 11.3. The molecule has 11 heteroatoms. The normalized spacial score (nSPS) is 21.1. The van der Waals surface area contributed by atoms with Gasteiger partial charge < -0.3 is 4.90 Å². The molecule has 0 radical (unpaired) electrons. The van der Waals surface area contributed by atoms with Gasteiger partial charge in [0.15, 0.2) is 0 Å². The lowest BCUT2D eigenvalue weighted by Crippen LogP contribution is -2.45. The number of amides is 1. The van der Waals surface area contributed by atoms with Gasteiger partial charge in [0.25, 0.3) is 0 Å². The van der Waals surface area contributed by atoms with Crippen molar-refractivity contribution in [3.8, 4) is 0 Å². The van der Waals surface area contributed by atoms with E-state index in [4.69, 9.17) is 0 Å². The summed E-state index contributed by atoms with van der Waals surface area (Å²) in [5.41, 5.74) is 0. The Hall–Kier alpha value is -1.56. The van der Waals surface area contributed by atoms with Crippen molar-refractivity contribution in [3.05, 3.63) is 30.1 Å². The van der Waals surface area contributed by atoms with Gasteiger partial charge in [0.2, 0.25) is 26.0 Å². The third-order valence-electron chi connectivity index (χ3n) is 5.49. The Morgan fingerprint density at radius 3 is 2.21 bits per heavy atom. The van der Waals surface area contributed by atoms with E-state index in [0.717, 1.165) is 12.3 Å². The van der Waals surface area contributed by atoms with Crippen molar-refractivity contribution in [2.45, 2.75) is 24.2 Å². The highest BCUT2D eigenvalue weighted by Crippen LogP contribution is 2.26. The molecule has 0 saturated carbocycles. The Kier molecular flexibility index (Phi) is 6.61. The summed E-state index contributed by atoms with van der Waals surface area (Å²) < 4.78 is 65.4. The van der Waals surface area contributed by atoms with Gasteiger partial charge in [0.05, 0.1) is 6.26 Å². The van der Waals surface area contributed by atoms with E-state index in [9.17, 15) is 26.0 Å². The summed E-state index contributed by atoms with van der Waals surface area (Å²) >= 11 is 0. The molecule has 0 aromatic heterocycles. The van der Waals surface area contributed by atoms with Crippen LogP contribution < -0.4 is 0 Å². The molecule has 0 atom stereocenters. The predicted molar refractivity (Wildman–Crippen MR) is 105 cm³/mol. The van der Waals surface area contributed by atoms with Crippen LogP contribution in [0.3, 0.4) is 0 Å². The number of halogens is 1. The van der Waals surface area contributed by atoms with Crippen molar-refractivity contribution >= 4 is 26.0 Å². The first kappa shape index (κ1) is 22.1. The van der Waals surface area contributed by atoms with Crippen LogP contribution in [0.5, 0.6) is 0 Å². The molecule has 162 valence electrons. The van der Waals surface area contributed by atoms with Gasteiger partial charge in [-0.05, 0) is 31.4 Å². The van der Waals surface area contributed by atoms with Crippen molar-refractivity contribution in [1.29, 1.82) is 0 Å². The molecule has 2 fully saturated rings. The second-order valence-electron chi connectivity index (χ2n) is 7.45. The lowest BCUT2D eigenvalue weighted by atomic mass is 9.96. The average Bonchev–Trinajstić information content (AvgIpc) is 2.94. The van der Waals surface area contributed by atoms with Crippen molar-refractivity contribution < 1.29 is 26.0 Å². The van der Waals surface area contributed by atoms with Crippen molar-refractivity contribution in [1.82, 2.24) is 13.5 Å². The molecular formula is C18H26FN3O5S2. The van der Waals surface area contributed by atoms with E-state index < -0.39 is 25.9 Å². The van der Waals surface area contributed by atoms with Crippen LogP contribution in [0.4, 0.5) is 4.39 Å². The first-order valence-corrected chi connectivity index (χ1v) is 12.9. The monoisotopic (exact) mass is 447 g/mol.